The standard InChI is InChI=1S/C15H21N3S/c1-3-18-9-8-17-15(18)14(16-2)13-10-11-6-4-5-7-12(11)19-13/h8-10,14,16H,3-7H2,1-2H3. The van der Waals surface area contributed by atoms with Crippen molar-refractivity contribution in [1.29, 1.82) is 0 Å². The van der Waals surface area contributed by atoms with Gasteiger partial charge in [-0.05, 0) is 51.3 Å². The lowest BCUT2D eigenvalue weighted by Gasteiger charge is -2.15. The van der Waals surface area contributed by atoms with Crippen LogP contribution in [-0.2, 0) is 19.4 Å². The number of nitrogens with zero attached hydrogens (tertiary/aromatic N) is 2. The van der Waals surface area contributed by atoms with E-state index in [0.717, 1.165) is 12.4 Å². The van der Waals surface area contributed by atoms with E-state index < -0.39 is 0 Å². The number of aromatic nitrogens is 2. The van der Waals surface area contributed by atoms with Gasteiger partial charge in [0.05, 0.1) is 0 Å². The molecule has 2 aromatic heterocycles. The first-order valence-corrected chi connectivity index (χ1v) is 7.95. The summed E-state index contributed by atoms with van der Waals surface area (Å²) in [5, 5.41) is 3.43. The smallest absolute Gasteiger partial charge is 0.131 e. The molecule has 1 unspecified atom stereocenters. The van der Waals surface area contributed by atoms with Crippen LogP contribution in [-0.4, -0.2) is 16.6 Å². The number of thiophene rings is 1. The fourth-order valence-electron chi connectivity index (χ4n) is 2.90. The van der Waals surface area contributed by atoms with Crippen LogP contribution in [0.1, 0.15) is 46.9 Å². The Morgan fingerprint density at radius 2 is 2.26 bits per heavy atom. The molecule has 0 amide bonds. The SMILES string of the molecule is CCn1ccnc1C(NC)c1cc2c(s1)CCCC2. The van der Waals surface area contributed by atoms with Gasteiger partial charge >= 0.3 is 0 Å². The highest BCUT2D eigenvalue weighted by molar-refractivity contribution is 7.12. The molecule has 0 fully saturated rings. The summed E-state index contributed by atoms with van der Waals surface area (Å²) in [5.41, 5.74) is 1.57. The first-order valence-electron chi connectivity index (χ1n) is 7.13. The summed E-state index contributed by atoms with van der Waals surface area (Å²) >= 11 is 1.97. The van der Waals surface area contributed by atoms with E-state index in [-0.39, 0.29) is 6.04 Å². The minimum atomic E-state index is 0.227. The number of hydrogen-bond donors (Lipinski definition) is 1. The van der Waals surface area contributed by atoms with Gasteiger partial charge in [0.1, 0.15) is 11.9 Å². The van der Waals surface area contributed by atoms with Crippen molar-refractivity contribution in [3.63, 3.8) is 0 Å². The second-order valence-electron chi connectivity index (χ2n) is 5.10. The lowest BCUT2D eigenvalue weighted by Crippen LogP contribution is -2.20. The number of imidazole rings is 1. The summed E-state index contributed by atoms with van der Waals surface area (Å²) in [6, 6.07) is 2.63. The molecule has 1 N–H and O–H groups in total. The molecule has 3 nitrogen and oxygen atoms in total. The van der Waals surface area contributed by atoms with Crippen LogP contribution >= 0.6 is 11.3 Å². The Labute approximate surface area is 118 Å². The third-order valence-electron chi connectivity index (χ3n) is 3.94. The van der Waals surface area contributed by atoms with Crippen LogP contribution in [0.2, 0.25) is 0 Å². The topological polar surface area (TPSA) is 29.9 Å². The van der Waals surface area contributed by atoms with Crippen LogP contribution in [0.4, 0.5) is 0 Å². The fourth-order valence-corrected chi connectivity index (χ4v) is 4.27. The molecule has 1 aliphatic carbocycles. The third kappa shape index (κ3) is 2.35. The number of fused-ring (bicyclic) bond motifs is 1. The fraction of sp³-hybridized carbons (Fsp3) is 0.533. The summed E-state index contributed by atoms with van der Waals surface area (Å²) in [5.74, 6) is 1.13. The number of rotatable bonds is 4. The van der Waals surface area contributed by atoms with Gasteiger partial charge in [-0.1, -0.05) is 0 Å². The molecule has 0 saturated heterocycles. The normalized spacial score (nSPS) is 16.3. The minimum absolute atomic E-state index is 0.227. The lowest BCUT2D eigenvalue weighted by atomic mass is 9.99. The van der Waals surface area contributed by atoms with Crippen molar-refractivity contribution in [1.82, 2.24) is 14.9 Å². The Hall–Kier alpha value is -1.13. The van der Waals surface area contributed by atoms with E-state index in [4.69, 9.17) is 0 Å². The second kappa shape index (κ2) is 5.47. The van der Waals surface area contributed by atoms with Crippen LogP contribution in [0.5, 0.6) is 0 Å². The molecule has 0 aliphatic heterocycles. The summed E-state index contributed by atoms with van der Waals surface area (Å²) in [4.78, 5) is 7.55. The van der Waals surface area contributed by atoms with Crippen molar-refractivity contribution >= 4 is 11.3 Å². The largest absolute Gasteiger partial charge is 0.334 e. The maximum atomic E-state index is 4.55. The van der Waals surface area contributed by atoms with E-state index in [9.17, 15) is 0 Å². The molecule has 1 aliphatic rings. The van der Waals surface area contributed by atoms with E-state index in [1.807, 2.05) is 24.6 Å². The zero-order valence-electron chi connectivity index (χ0n) is 11.6. The number of aryl methyl sites for hydroxylation is 3. The van der Waals surface area contributed by atoms with Gasteiger partial charge in [-0.2, -0.15) is 0 Å². The average molecular weight is 275 g/mol. The van der Waals surface area contributed by atoms with Gasteiger partial charge in [-0.15, -0.1) is 11.3 Å². The maximum absolute atomic E-state index is 4.55. The minimum Gasteiger partial charge on any atom is -0.334 e. The van der Waals surface area contributed by atoms with Crippen molar-refractivity contribution in [2.24, 2.45) is 0 Å². The van der Waals surface area contributed by atoms with Crippen molar-refractivity contribution in [2.45, 2.75) is 45.2 Å². The number of nitrogens with one attached hydrogen (secondary N) is 1. The summed E-state index contributed by atoms with van der Waals surface area (Å²) in [7, 11) is 2.03. The van der Waals surface area contributed by atoms with E-state index >= 15 is 0 Å². The van der Waals surface area contributed by atoms with Crippen molar-refractivity contribution < 1.29 is 0 Å². The second-order valence-corrected chi connectivity index (χ2v) is 6.27. The van der Waals surface area contributed by atoms with Gasteiger partial charge < -0.3 is 9.88 Å². The molecule has 0 aromatic carbocycles. The van der Waals surface area contributed by atoms with Crippen LogP contribution in [0.25, 0.3) is 0 Å². The molecule has 0 bridgehead atoms. The van der Waals surface area contributed by atoms with Gasteiger partial charge in [0.25, 0.3) is 0 Å². The molecule has 102 valence electrons. The Kier molecular flexibility index (Phi) is 3.71. The molecule has 4 heteroatoms. The van der Waals surface area contributed by atoms with Crippen LogP contribution in [0.15, 0.2) is 18.5 Å². The predicted octanol–water partition coefficient (Wildman–Crippen LogP) is 3.15. The molecule has 0 radical (unpaired) electrons. The molecular weight excluding hydrogens is 254 g/mol. The van der Waals surface area contributed by atoms with E-state index in [1.165, 1.54) is 30.6 Å². The Morgan fingerprint density at radius 1 is 1.42 bits per heavy atom. The van der Waals surface area contributed by atoms with Gasteiger partial charge in [-0.25, -0.2) is 4.98 Å². The van der Waals surface area contributed by atoms with Gasteiger partial charge in [0.2, 0.25) is 0 Å². The van der Waals surface area contributed by atoms with Crippen molar-refractivity contribution in [2.75, 3.05) is 7.05 Å². The molecule has 19 heavy (non-hydrogen) atoms. The quantitative estimate of drug-likeness (QED) is 0.929. The maximum Gasteiger partial charge on any atom is 0.131 e. The van der Waals surface area contributed by atoms with Crippen LogP contribution in [0.3, 0.4) is 0 Å². The molecular formula is C15H21N3S. The molecule has 2 aromatic rings. The lowest BCUT2D eigenvalue weighted by molar-refractivity contribution is 0.596. The van der Waals surface area contributed by atoms with Gasteiger partial charge in [0, 0.05) is 28.7 Å². The van der Waals surface area contributed by atoms with Crippen molar-refractivity contribution in [3.05, 3.63) is 39.6 Å². The number of hydrogen-bond acceptors (Lipinski definition) is 3. The summed E-state index contributed by atoms with van der Waals surface area (Å²) in [6.45, 7) is 3.13. The monoisotopic (exact) mass is 275 g/mol. The zero-order chi connectivity index (χ0) is 13.2. The molecule has 0 saturated carbocycles. The molecule has 1 atom stereocenters. The predicted molar refractivity (Wildman–Crippen MR) is 79.8 cm³/mol. The molecule has 3 rings (SSSR count). The molecule has 2 heterocycles. The van der Waals surface area contributed by atoms with E-state index in [1.54, 1.807) is 10.4 Å². The van der Waals surface area contributed by atoms with Crippen LogP contribution < -0.4 is 5.32 Å². The average Bonchev–Trinajstić information content (AvgIpc) is 3.05. The first-order chi connectivity index (χ1) is 9.33. The highest BCUT2D eigenvalue weighted by Gasteiger charge is 2.22. The first kappa shape index (κ1) is 12.9. The van der Waals surface area contributed by atoms with E-state index in [0.29, 0.717) is 0 Å². The summed E-state index contributed by atoms with van der Waals surface area (Å²) in [6.07, 6.45) is 9.17. The van der Waals surface area contributed by atoms with Gasteiger partial charge in [0.15, 0.2) is 0 Å². The zero-order valence-corrected chi connectivity index (χ0v) is 12.5. The summed E-state index contributed by atoms with van der Waals surface area (Å²) < 4.78 is 2.22. The Balaban J connectivity index is 1.96. The highest BCUT2D eigenvalue weighted by atomic mass is 32.1. The van der Waals surface area contributed by atoms with E-state index in [2.05, 4.69) is 34.1 Å². The van der Waals surface area contributed by atoms with Gasteiger partial charge in [-0.3, -0.25) is 0 Å². The van der Waals surface area contributed by atoms with Crippen LogP contribution in [0, 0.1) is 0 Å². The molecule has 0 spiro atoms. The Morgan fingerprint density at radius 3 is 3.00 bits per heavy atom. The highest BCUT2D eigenvalue weighted by Crippen LogP contribution is 2.34. The third-order valence-corrected chi connectivity index (χ3v) is 5.24. The Bertz CT molecular complexity index is 532. The van der Waals surface area contributed by atoms with Crippen molar-refractivity contribution in [3.8, 4) is 0 Å².